The predicted molar refractivity (Wildman–Crippen MR) is 125 cm³/mol. The maximum Gasteiger partial charge on any atom is 0.317 e. The van der Waals surface area contributed by atoms with Crippen molar-refractivity contribution in [2.75, 3.05) is 25.0 Å². The Morgan fingerprint density at radius 2 is 2.10 bits per heavy atom. The fourth-order valence-corrected chi connectivity index (χ4v) is 5.71. The van der Waals surface area contributed by atoms with E-state index in [1.807, 2.05) is 23.3 Å². The smallest absolute Gasteiger partial charge is 0.317 e. The monoisotopic (exact) mass is 459 g/mol. The van der Waals surface area contributed by atoms with Crippen LogP contribution in [0.2, 0.25) is 0 Å². The van der Waals surface area contributed by atoms with Crippen molar-refractivity contribution >= 4 is 39.8 Å². The molecule has 0 aromatic carbocycles. The lowest BCUT2D eigenvalue weighted by Crippen LogP contribution is -2.44. The molecule has 0 atom stereocenters. The number of likely N-dealkylation sites (tertiary alicyclic amines) is 1. The lowest BCUT2D eigenvalue weighted by atomic mass is 9.97. The van der Waals surface area contributed by atoms with Crippen LogP contribution in [0.3, 0.4) is 0 Å². The molecule has 1 fully saturated rings. The van der Waals surface area contributed by atoms with Gasteiger partial charge in [-0.3, -0.25) is 4.79 Å². The molecule has 2 N–H and O–H groups in total. The third kappa shape index (κ3) is 5.92. The molecule has 0 spiro atoms. The predicted octanol–water partition coefficient (Wildman–Crippen LogP) is 4.94. The van der Waals surface area contributed by atoms with Gasteiger partial charge >= 0.3 is 6.03 Å². The van der Waals surface area contributed by atoms with E-state index in [-0.39, 0.29) is 11.9 Å². The minimum absolute atomic E-state index is 0.0360. The third-order valence-corrected chi connectivity index (χ3v) is 7.66. The molecule has 3 heterocycles. The van der Waals surface area contributed by atoms with Gasteiger partial charge in [-0.05, 0) is 69.5 Å². The van der Waals surface area contributed by atoms with Gasteiger partial charge in [0.05, 0.1) is 10.7 Å². The maximum atomic E-state index is 12.5. The van der Waals surface area contributed by atoms with Gasteiger partial charge in [0.2, 0.25) is 0 Å². The second-order valence-corrected chi connectivity index (χ2v) is 9.90. The van der Waals surface area contributed by atoms with Gasteiger partial charge in [0.25, 0.3) is 5.91 Å². The van der Waals surface area contributed by atoms with Gasteiger partial charge in [-0.1, -0.05) is 11.6 Å². The largest absolute Gasteiger partial charge is 0.338 e. The van der Waals surface area contributed by atoms with Crippen LogP contribution in [-0.4, -0.2) is 45.8 Å². The van der Waals surface area contributed by atoms with Gasteiger partial charge in [0.1, 0.15) is 10.7 Å². The first kappa shape index (κ1) is 22.0. The number of anilines is 1. The van der Waals surface area contributed by atoms with Crippen LogP contribution in [-0.2, 0) is 0 Å². The minimum atomic E-state index is -0.198. The van der Waals surface area contributed by atoms with Crippen molar-refractivity contribution in [3.63, 3.8) is 0 Å². The number of aromatic nitrogens is 2. The summed E-state index contributed by atoms with van der Waals surface area (Å²) >= 11 is 2.80. The number of allylic oxidation sites excluding steroid dienone is 1. The van der Waals surface area contributed by atoms with Gasteiger partial charge < -0.3 is 15.5 Å². The molecule has 7 nitrogen and oxygen atoms in total. The van der Waals surface area contributed by atoms with Crippen LogP contribution in [0.1, 0.15) is 72.1 Å². The van der Waals surface area contributed by atoms with Crippen LogP contribution in [0.25, 0.3) is 0 Å². The number of nitrogens with one attached hydrogen (secondary N) is 2. The van der Waals surface area contributed by atoms with E-state index in [2.05, 4.69) is 26.1 Å². The fraction of sp³-hybridized carbons (Fsp3) is 0.545. The number of piperidine rings is 1. The number of carbonyl (C=O) groups excluding carboxylic acids is 2. The molecular weight excluding hydrogens is 430 g/mol. The molecule has 0 bridgehead atoms. The maximum absolute atomic E-state index is 12.5. The number of hydrogen-bond donors (Lipinski definition) is 2. The van der Waals surface area contributed by atoms with E-state index in [9.17, 15) is 9.59 Å². The van der Waals surface area contributed by atoms with Crippen molar-refractivity contribution in [1.29, 1.82) is 0 Å². The van der Waals surface area contributed by atoms with Crippen molar-refractivity contribution in [2.24, 2.45) is 0 Å². The van der Waals surface area contributed by atoms with E-state index >= 15 is 0 Å². The quantitative estimate of drug-likeness (QED) is 0.599. The standard InChI is InChI=1S/C22H29N5O2S2/c1-15-13-19(31-26-15)25-20(28)18-14-30-21(24-18)17-8-11-27(12-9-17)22(29)23-10-7-16-5-3-2-4-6-16/h5,13-14,17H,2-4,6-12H2,1H3,(H,23,29)(H,25,28). The Morgan fingerprint density at radius 3 is 2.81 bits per heavy atom. The lowest BCUT2D eigenvalue weighted by Gasteiger charge is -2.31. The molecule has 3 amide bonds. The highest BCUT2D eigenvalue weighted by atomic mass is 32.1. The van der Waals surface area contributed by atoms with Crippen LogP contribution >= 0.6 is 22.9 Å². The molecule has 0 radical (unpaired) electrons. The van der Waals surface area contributed by atoms with Crippen LogP contribution < -0.4 is 10.6 Å². The molecule has 4 rings (SSSR count). The van der Waals surface area contributed by atoms with Gasteiger partial charge in [-0.25, -0.2) is 9.78 Å². The van der Waals surface area contributed by atoms with Crippen LogP contribution in [0.5, 0.6) is 0 Å². The van der Waals surface area contributed by atoms with E-state index in [0.29, 0.717) is 11.6 Å². The molecule has 2 aromatic heterocycles. The molecule has 0 saturated carbocycles. The number of rotatable bonds is 6. The molecule has 9 heteroatoms. The Labute approximate surface area is 191 Å². The molecule has 31 heavy (non-hydrogen) atoms. The summed E-state index contributed by atoms with van der Waals surface area (Å²) in [6, 6.07) is 1.89. The Balaban J connectivity index is 1.22. The summed E-state index contributed by atoms with van der Waals surface area (Å²) in [6.45, 7) is 4.06. The highest BCUT2D eigenvalue weighted by molar-refractivity contribution is 7.10. The molecule has 166 valence electrons. The second kappa shape index (κ2) is 10.4. The Hall–Kier alpha value is -2.26. The fourth-order valence-electron chi connectivity index (χ4n) is 4.08. The Kier molecular flexibility index (Phi) is 7.34. The van der Waals surface area contributed by atoms with Gasteiger partial charge in [0.15, 0.2) is 0 Å². The number of carbonyl (C=O) groups is 2. The van der Waals surface area contributed by atoms with E-state index in [0.717, 1.165) is 54.6 Å². The first-order valence-electron chi connectivity index (χ1n) is 11.0. The molecule has 1 saturated heterocycles. The summed E-state index contributed by atoms with van der Waals surface area (Å²) in [5.41, 5.74) is 2.82. The van der Waals surface area contributed by atoms with Crippen LogP contribution in [0, 0.1) is 6.92 Å². The first-order chi connectivity index (χ1) is 15.1. The molecule has 1 aliphatic heterocycles. The summed E-state index contributed by atoms with van der Waals surface area (Å²) < 4.78 is 4.17. The summed E-state index contributed by atoms with van der Waals surface area (Å²) in [7, 11) is 0. The van der Waals surface area contributed by atoms with Crippen molar-refractivity contribution < 1.29 is 9.59 Å². The van der Waals surface area contributed by atoms with Gasteiger partial charge in [-0.15, -0.1) is 11.3 Å². The average Bonchev–Trinajstić information content (AvgIpc) is 3.44. The normalized spacial score (nSPS) is 17.3. The van der Waals surface area contributed by atoms with Crippen LogP contribution in [0.15, 0.2) is 23.1 Å². The first-order valence-corrected chi connectivity index (χ1v) is 12.6. The Morgan fingerprint density at radius 1 is 1.26 bits per heavy atom. The number of amides is 3. The van der Waals surface area contributed by atoms with Crippen molar-refractivity contribution in [2.45, 2.75) is 57.8 Å². The molecule has 2 aliphatic rings. The minimum Gasteiger partial charge on any atom is -0.338 e. The van der Waals surface area contributed by atoms with E-state index in [1.165, 1.54) is 54.1 Å². The van der Waals surface area contributed by atoms with Crippen molar-refractivity contribution in [3.05, 3.63) is 39.5 Å². The molecule has 0 unspecified atom stereocenters. The lowest BCUT2D eigenvalue weighted by molar-refractivity contribution is 0.102. The van der Waals surface area contributed by atoms with E-state index in [1.54, 1.807) is 0 Å². The number of urea groups is 1. The third-order valence-electron chi connectivity index (χ3n) is 5.86. The van der Waals surface area contributed by atoms with Gasteiger partial charge in [0, 0.05) is 30.9 Å². The number of aryl methyl sites for hydroxylation is 1. The average molecular weight is 460 g/mol. The summed E-state index contributed by atoms with van der Waals surface area (Å²) in [5, 5.41) is 9.46. The zero-order valence-corrected chi connectivity index (χ0v) is 19.5. The highest BCUT2D eigenvalue weighted by Gasteiger charge is 2.26. The summed E-state index contributed by atoms with van der Waals surface area (Å²) in [6.07, 6.45) is 9.98. The zero-order chi connectivity index (χ0) is 21.6. The number of nitrogens with zero attached hydrogens (tertiary/aromatic N) is 3. The Bertz CT molecular complexity index is 943. The van der Waals surface area contributed by atoms with Crippen molar-refractivity contribution in [3.8, 4) is 0 Å². The number of thiazole rings is 1. The van der Waals surface area contributed by atoms with Crippen molar-refractivity contribution in [1.82, 2.24) is 19.6 Å². The summed E-state index contributed by atoms with van der Waals surface area (Å²) in [4.78, 5) is 31.4. The van der Waals surface area contributed by atoms with Gasteiger partial charge in [-0.2, -0.15) is 4.37 Å². The molecule has 2 aromatic rings. The SMILES string of the molecule is Cc1cc(NC(=O)c2csc(C3CCN(C(=O)NCCC4=CCCCC4)CC3)n2)sn1. The topological polar surface area (TPSA) is 87.2 Å². The number of hydrogen-bond acceptors (Lipinski definition) is 6. The summed E-state index contributed by atoms with van der Waals surface area (Å²) in [5.74, 6) is 0.102. The van der Waals surface area contributed by atoms with E-state index in [4.69, 9.17) is 0 Å². The van der Waals surface area contributed by atoms with E-state index < -0.39 is 0 Å². The van der Waals surface area contributed by atoms with Crippen LogP contribution in [0.4, 0.5) is 9.80 Å². The second-order valence-electron chi connectivity index (χ2n) is 8.21. The highest BCUT2D eigenvalue weighted by Crippen LogP contribution is 2.30. The zero-order valence-electron chi connectivity index (χ0n) is 17.9. The molecule has 1 aliphatic carbocycles. The molecular formula is C22H29N5O2S2.